The van der Waals surface area contributed by atoms with Crippen molar-refractivity contribution in [3.05, 3.63) is 22.2 Å². The molecule has 0 atom stereocenters. The van der Waals surface area contributed by atoms with E-state index in [9.17, 15) is 8.42 Å². The SMILES string of the molecule is COc1ccc(Br)c(CS(=O)(=O)Cl)c1OCC1CC1. The summed E-state index contributed by atoms with van der Waals surface area (Å²) in [6, 6.07) is 3.46. The maximum atomic E-state index is 11.3. The molecule has 0 heterocycles. The van der Waals surface area contributed by atoms with Crippen LogP contribution in [0.25, 0.3) is 0 Å². The first-order valence-electron chi connectivity index (χ1n) is 5.81. The Balaban J connectivity index is 2.35. The maximum absolute atomic E-state index is 11.3. The van der Waals surface area contributed by atoms with E-state index in [1.165, 1.54) is 7.11 Å². The zero-order chi connectivity index (χ0) is 14.0. The molecular weight excluding hydrogens is 356 g/mol. The minimum atomic E-state index is -3.66. The average molecular weight is 370 g/mol. The summed E-state index contributed by atoms with van der Waals surface area (Å²) in [5.74, 6) is 1.23. The Kier molecular flexibility index (Phi) is 4.63. The number of benzene rings is 1. The first-order valence-corrected chi connectivity index (χ1v) is 9.08. The summed E-state index contributed by atoms with van der Waals surface area (Å²) in [4.78, 5) is 0. The van der Waals surface area contributed by atoms with Crippen molar-refractivity contribution in [2.75, 3.05) is 13.7 Å². The number of hydrogen-bond donors (Lipinski definition) is 0. The van der Waals surface area contributed by atoms with E-state index in [-0.39, 0.29) is 5.75 Å². The molecule has 1 fully saturated rings. The standard InChI is InChI=1S/C12H14BrClO4S/c1-17-11-5-4-10(13)9(7-19(14,15)16)12(11)18-6-8-2-3-8/h4-5,8H,2-3,6-7H2,1H3. The monoisotopic (exact) mass is 368 g/mol. The summed E-state index contributed by atoms with van der Waals surface area (Å²) < 4.78 is 34.2. The highest BCUT2D eigenvalue weighted by Gasteiger charge is 2.25. The summed E-state index contributed by atoms with van der Waals surface area (Å²) in [5, 5.41) is 0. The number of halogens is 2. The molecule has 0 aromatic heterocycles. The molecule has 0 saturated heterocycles. The summed E-state index contributed by atoms with van der Waals surface area (Å²) in [6.45, 7) is 0.572. The van der Waals surface area contributed by atoms with Gasteiger partial charge in [-0.2, -0.15) is 0 Å². The van der Waals surface area contributed by atoms with Gasteiger partial charge in [-0.05, 0) is 30.9 Å². The van der Waals surface area contributed by atoms with Crippen LogP contribution in [0.15, 0.2) is 16.6 Å². The van der Waals surface area contributed by atoms with Crippen LogP contribution in [0.5, 0.6) is 11.5 Å². The van der Waals surface area contributed by atoms with E-state index in [2.05, 4.69) is 15.9 Å². The largest absolute Gasteiger partial charge is 0.493 e. The lowest BCUT2D eigenvalue weighted by Crippen LogP contribution is -2.06. The number of rotatable bonds is 6. The summed E-state index contributed by atoms with van der Waals surface area (Å²) in [6.07, 6.45) is 2.30. The predicted molar refractivity (Wildman–Crippen MR) is 77.4 cm³/mol. The lowest BCUT2D eigenvalue weighted by molar-refractivity contribution is 0.278. The Labute approximate surface area is 125 Å². The molecule has 0 aliphatic heterocycles. The third-order valence-electron chi connectivity index (χ3n) is 2.86. The molecule has 0 spiro atoms. The first kappa shape index (κ1) is 14.9. The van der Waals surface area contributed by atoms with Gasteiger partial charge in [0.15, 0.2) is 11.5 Å². The number of ether oxygens (including phenoxy) is 2. The molecule has 7 heteroatoms. The van der Waals surface area contributed by atoms with Gasteiger partial charge in [0.05, 0.1) is 19.5 Å². The zero-order valence-electron chi connectivity index (χ0n) is 10.4. The van der Waals surface area contributed by atoms with Gasteiger partial charge in [0.25, 0.3) is 0 Å². The second kappa shape index (κ2) is 5.89. The molecule has 1 aliphatic rings. The molecule has 0 radical (unpaired) electrons. The van der Waals surface area contributed by atoms with E-state index in [4.69, 9.17) is 20.2 Å². The van der Waals surface area contributed by atoms with Crippen molar-refractivity contribution in [1.29, 1.82) is 0 Å². The van der Waals surface area contributed by atoms with Gasteiger partial charge < -0.3 is 9.47 Å². The third-order valence-corrected chi connectivity index (χ3v) is 4.57. The van der Waals surface area contributed by atoms with Crippen LogP contribution in [0.1, 0.15) is 18.4 Å². The second-order valence-electron chi connectivity index (χ2n) is 4.49. The highest BCUT2D eigenvalue weighted by molar-refractivity contribution is 9.10. The number of methoxy groups -OCH3 is 1. The van der Waals surface area contributed by atoms with Crippen LogP contribution in [-0.4, -0.2) is 22.1 Å². The third kappa shape index (κ3) is 4.26. The Bertz CT molecular complexity index is 569. The molecule has 1 aliphatic carbocycles. The molecule has 1 saturated carbocycles. The van der Waals surface area contributed by atoms with Crippen LogP contribution in [0, 0.1) is 5.92 Å². The lowest BCUT2D eigenvalue weighted by Gasteiger charge is -2.15. The van der Waals surface area contributed by atoms with Crippen molar-refractivity contribution in [2.24, 2.45) is 5.92 Å². The van der Waals surface area contributed by atoms with Gasteiger partial charge in [-0.3, -0.25) is 0 Å². The van der Waals surface area contributed by atoms with Crippen molar-refractivity contribution < 1.29 is 17.9 Å². The zero-order valence-corrected chi connectivity index (χ0v) is 13.5. The molecule has 0 unspecified atom stereocenters. The second-order valence-corrected chi connectivity index (χ2v) is 8.13. The van der Waals surface area contributed by atoms with Crippen LogP contribution in [0.3, 0.4) is 0 Å². The Morgan fingerprint density at radius 2 is 2.11 bits per heavy atom. The van der Waals surface area contributed by atoms with Crippen LogP contribution in [0.4, 0.5) is 0 Å². The van der Waals surface area contributed by atoms with Crippen LogP contribution >= 0.6 is 26.6 Å². The molecule has 2 rings (SSSR count). The van der Waals surface area contributed by atoms with Gasteiger partial charge in [0.1, 0.15) is 0 Å². The molecule has 0 amide bonds. The van der Waals surface area contributed by atoms with Crippen molar-refractivity contribution in [1.82, 2.24) is 0 Å². The topological polar surface area (TPSA) is 52.6 Å². The van der Waals surface area contributed by atoms with Crippen molar-refractivity contribution in [3.8, 4) is 11.5 Å². The fourth-order valence-corrected chi connectivity index (χ4v) is 3.29. The minimum absolute atomic E-state index is 0.299. The molecule has 1 aromatic rings. The minimum Gasteiger partial charge on any atom is -0.493 e. The van der Waals surface area contributed by atoms with Gasteiger partial charge in [0, 0.05) is 20.7 Å². The molecule has 19 heavy (non-hydrogen) atoms. The Hall–Kier alpha value is -0.460. The van der Waals surface area contributed by atoms with E-state index in [1.54, 1.807) is 12.1 Å². The number of hydrogen-bond acceptors (Lipinski definition) is 4. The fourth-order valence-electron chi connectivity index (χ4n) is 1.69. The van der Waals surface area contributed by atoms with Gasteiger partial charge in [-0.15, -0.1) is 0 Å². The lowest BCUT2D eigenvalue weighted by atomic mass is 10.2. The van der Waals surface area contributed by atoms with Gasteiger partial charge in [-0.1, -0.05) is 15.9 Å². The van der Waals surface area contributed by atoms with Crippen molar-refractivity contribution in [2.45, 2.75) is 18.6 Å². The van der Waals surface area contributed by atoms with Gasteiger partial charge in [-0.25, -0.2) is 8.42 Å². The smallest absolute Gasteiger partial charge is 0.236 e. The predicted octanol–water partition coefficient (Wildman–Crippen LogP) is 3.32. The van der Waals surface area contributed by atoms with Crippen LogP contribution in [-0.2, 0) is 14.8 Å². The van der Waals surface area contributed by atoms with Gasteiger partial charge >= 0.3 is 0 Å². The molecule has 1 aromatic carbocycles. The fraction of sp³-hybridized carbons (Fsp3) is 0.500. The Morgan fingerprint density at radius 3 is 2.63 bits per heavy atom. The van der Waals surface area contributed by atoms with Crippen molar-refractivity contribution in [3.63, 3.8) is 0 Å². The van der Waals surface area contributed by atoms with E-state index in [0.29, 0.717) is 34.1 Å². The summed E-state index contributed by atoms with van der Waals surface area (Å²) >= 11 is 3.33. The van der Waals surface area contributed by atoms with Crippen molar-refractivity contribution >= 4 is 35.7 Å². The Morgan fingerprint density at radius 1 is 1.42 bits per heavy atom. The van der Waals surface area contributed by atoms with E-state index < -0.39 is 9.05 Å². The molecule has 106 valence electrons. The average Bonchev–Trinajstić information content (AvgIpc) is 3.12. The van der Waals surface area contributed by atoms with E-state index in [0.717, 1.165) is 12.8 Å². The normalized spacial score (nSPS) is 15.3. The molecule has 0 bridgehead atoms. The quantitative estimate of drug-likeness (QED) is 0.722. The highest BCUT2D eigenvalue weighted by Crippen LogP contribution is 2.39. The molecule has 0 N–H and O–H groups in total. The maximum Gasteiger partial charge on any atom is 0.236 e. The summed E-state index contributed by atoms with van der Waals surface area (Å²) in [7, 11) is 3.19. The first-order chi connectivity index (χ1) is 8.90. The van der Waals surface area contributed by atoms with Crippen LogP contribution < -0.4 is 9.47 Å². The van der Waals surface area contributed by atoms with Crippen LogP contribution in [0.2, 0.25) is 0 Å². The summed E-state index contributed by atoms with van der Waals surface area (Å²) in [5.41, 5.74) is 0.495. The molecular formula is C12H14BrClO4S. The highest BCUT2D eigenvalue weighted by atomic mass is 79.9. The molecule has 4 nitrogen and oxygen atoms in total. The van der Waals surface area contributed by atoms with E-state index >= 15 is 0 Å². The van der Waals surface area contributed by atoms with Gasteiger partial charge in [0.2, 0.25) is 9.05 Å². The van der Waals surface area contributed by atoms with E-state index in [1.807, 2.05) is 0 Å².